The van der Waals surface area contributed by atoms with E-state index in [1.54, 1.807) is 33.7 Å². The van der Waals surface area contributed by atoms with E-state index in [1.807, 2.05) is 55.4 Å². The van der Waals surface area contributed by atoms with Crippen LogP contribution in [0.15, 0.2) is 28.5 Å². The summed E-state index contributed by atoms with van der Waals surface area (Å²) >= 11 is 3.16. The van der Waals surface area contributed by atoms with Crippen LogP contribution in [0.3, 0.4) is 0 Å². The number of halogens is 1. The minimum atomic E-state index is -0.317. The number of Topliss-reactive ketones (excluding diaryl/α,β-unsaturated/α-hetero) is 2. The molecule has 1 aromatic carbocycles. The van der Waals surface area contributed by atoms with Crippen molar-refractivity contribution in [2.75, 3.05) is 0 Å². The molecule has 0 amide bonds. The molecule has 2 rings (SSSR count). The Kier molecular flexibility index (Phi) is 8.55. The second kappa shape index (κ2) is 10.4. The average Bonchev–Trinajstić information content (AvgIpc) is 3.08. The molecular weight excluding hydrogens is 482 g/mol. The molecule has 182 valence electrons. The molecule has 0 bridgehead atoms. The number of nitrogens with zero attached hydrogens (tertiary/aromatic N) is 3. The van der Waals surface area contributed by atoms with E-state index in [-0.39, 0.29) is 47.2 Å². The van der Waals surface area contributed by atoms with Gasteiger partial charge in [0.05, 0.1) is 29.2 Å². The molecule has 0 atom stereocenters. The number of carbonyl (C=O) groups excluding carboxylic acids is 2. The predicted octanol–water partition coefficient (Wildman–Crippen LogP) is 5.69. The first-order chi connectivity index (χ1) is 15.2. The van der Waals surface area contributed by atoms with Crippen LogP contribution in [0.25, 0.3) is 0 Å². The molecule has 0 radical (unpaired) electrons. The molecule has 2 aromatic rings. The lowest BCUT2D eigenvalue weighted by Crippen LogP contribution is -2.31. The van der Waals surface area contributed by atoms with E-state index in [4.69, 9.17) is 0 Å². The van der Waals surface area contributed by atoms with Gasteiger partial charge < -0.3 is 14.2 Å². The van der Waals surface area contributed by atoms with Gasteiger partial charge in [-0.25, -0.2) is 0 Å². The van der Waals surface area contributed by atoms with Crippen LogP contribution in [-0.2, 0) is 28.7 Å². The van der Waals surface area contributed by atoms with E-state index in [0.29, 0.717) is 11.2 Å². The van der Waals surface area contributed by atoms with Crippen molar-refractivity contribution in [3.05, 3.63) is 46.8 Å². The Morgan fingerprint density at radius 3 is 1.79 bits per heavy atom. The first kappa shape index (κ1) is 27.1. The Bertz CT molecular complexity index is 1040. The van der Waals surface area contributed by atoms with Crippen molar-refractivity contribution in [3.63, 3.8) is 0 Å². The van der Waals surface area contributed by atoms with E-state index in [2.05, 4.69) is 20.2 Å². The summed E-state index contributed by atoms with van der Waals surface area (Å²) in [5.41, 5.74) is 1.93. The summed E-state index contributed by atoms with van der Waals surface area (Å²) in [6.07, 6.45) is 5.17. The maximum absolute atomic E-state index is 13.3. The van der Waals surface area contributed by atoms with E-state index >= 15 is 0 Å². The molecule has 7 heteroatoms. The van der Waals surface area contributed by atoms with Gasteiger partial charge in [-0.15, -0.1) is 0 Å². The van der Waals surface area contributed by atoms with Crippen molar-refractivity contribution < 1.29 is 14.7 Å². The van der Waals surface area contributed by atoms with Gasteiger partial charge in [0.25, 0.3) is 0 Å². The van der Waals surface area contributed by atoms with Gasteiger partial charge in [0, 0.05) is 35.0 Å². The van der Waals surface area contributed by atoms with Gasteiger partial charge in [-0.1, -0.05) is 55.4 Å². The molecule has 1 aromatic heterocycles. The summed E-state index contributed by atoms with van der Waals surface area (Å²) in [6.45, 7) is 16.5. The normalized spacial score (nSPS) is 13.1. The third-order valence-corrected chi connectivity index (χ3v) is 6.46. The lowest BCUT2D eigenvalue weighted by Gasteiger charge is -2.28. The summed E-state index contributed by atoms with van der Waals surface area (Å²) in [5.74, 6) is 0.350. The number of benzene rings is 1. The molecule has 0 aliphatic carbocycles. The van der Waals surface area contributed by atoms with Crippen LogP contribution in [0.2, 0.25) is 0 Å². The second-order valence-corrected chi connectivity index (χ2v) is 11.1. The van der Waals surface area contributed by atoms with E-state index in [1.165, 1.54) is 0 Å². The zero-order valence-corrected chi connectivity index (χ0v) is 22.8. The number of imidazole rings is 1. The van der Waals surface area contributed by atoms with Crippen molar-refractivity contribution >= 4 is 27.7 Å². The predicted molar refractivity (Wildman–Crippen MR) is 136 cm³/mol. The van der Waals surface area contributed by atoms with Gasteiger partial charge in [-0.2, -0.15) is 4.02 Å². The quantitative estimate of drug-likeness (QED) is 0.455. The molecule has 0 saturated carbocycles. The Labute approximate surface area is 206 Å². The van der Waals surface area contributed by atoms with E-state index in [9.17, 15) is 14.7 Å². The highest BCUT2D eigenvalue weighted by molar-refractivity contribution is 9.08. The number of aromatic nitrogens is 2. The lowest BCUT2D eigenvalue weighted by molar-refractivity contribution is -0.123. The van der Waals surface area contributed by atoms with Crippen LogP contribution in [0.4, 0.5) is 0 Å². The molecule has 1 N–H and O–H groups in total. The van der Waals surface area contributed by atoms with Gasteiger partial charge in [-0.05, 0) is 35.8 Å². The SMILES string of the molecule is CCC(CC)C(=O)Cn1ccn(CC(=O)c2cc(C(C)(C)C)c(O)c(C(C)(C)C)c2)c1=NBr. The van der Waals surface area contributed by atoms with Gasteiger partial charge in [-0.3, -0.25) is 9.59 Å². The summed E-state index contributed by atoms with van der Waals surface area (Å²) in [4.78, 5) is 26.0. The minimum absolute atomic E-state index is 0.0225. The zero-order valence-electron chi connectivity index (χ0n) is 21.2. The fourth-order valence-corrected chi connectivity index (χ4v) is 4.44. The molecule has 33 heavy (non-hydrogen) atoms. The van der Waals surface area contributed by atoms with Crippen molar-refractivity contribution in [2.45, 2.75) is 92.2 Å². The number of ketones is 2. The zero-order chi connectivity index (χ0) is 25.1. The first-order valence-electron chi connectivity index (χ1n) is 11.6. The molecule has 0 fully saturated rings. The highest BCUT2D eigenvalue weighted by Crippen LogP contribution is 2.39. The maximum atomic E-state index is 13.3. The molecule has 0 saturated heterocycles. The summed E-state index contributed by atoms with van der Waals surface area (Å²) < 4.78 is 7.66. The number of rotatable bonds is 8. The highest BCUT2D eigenvalue weighted by Gasteiger charge is 2.28. The van der Waals surface area contributed by atoms with E-state index < -0.39 is 0 Å². The molecule has 0 aliphatic rings. The first-order valence-corrected chi connectivity index (χ1v) is 12.3. The van der Waals surface area contributed by atoms with Crippen LogP contribution < -0.4 is 5.62 Å². The number of phenols is 1. The van der Waals surface area contributed by atoms with Crippen molar-refractivity contribution in [2.24, 2.45) is 9.94 Å². The lowest BCUT2D eigenvalue weighted by atomic mass is 9.78. The number of hydrogen-bond acceptors (Lipinski definition) is 4. The van der Waals surface area contributed by atoms with Gasteiger partial charge in [0.1, 0.15) is 5.75 Å². The summed E-state index contributed by atoms with van der Waals surface area (Å²) in [7, 11) is 0. The van der Waals surface area contributed by atoms with Gasteiger partial charge in [0.2, 0.25) is 5.62 Å². The van der Waals surface area contributed by atoms with Crippen LogP contribution in [-0.4, -0.2) is 25.8 Å². The number of carbonyl (C=O) groups is 2. The molecule has 0 aliphatic heterocycles. The summed E-state index contributed by atoms with van der Waals surface area (Å²) in [6, 6.07) is 3.60. The fourth-order valence-electron chi connectivity index (χ4n) is 4.03. The van der Waals surface area contributed by atoms with E-state index in [0.717, 1.165) is 24.0 Å². The molecule has 0 unspecified atom stereocenters. The Morgan fingerprint density at radius 1 is 0.939 bits per heavy atom. The van der Waals surface area contributed by atoms with Crippen molar-refractivity contribution in [3.8, 4) is 5.75 Å². The number of hydrogen-bond donors (Lipinski definition) is 1. The Balaban J connectivity index is 2.43. The van der Waals surface area contributed by atoms with Gasteiger partial charge >= 0.3 is 0 Å². The number of phenolic OH excluding ortho intramolecular Hbond substituents is 1. The van der Waals surface area contributed by atoms with Crippen molar-refractivity contribution in [1.29, 1.82) is 0 Å². The van der Waals surface area contributed by atoms with Crippen LogP contribution in [0.1, 0.15) is 89.7 Å². The largest absolute Gasteiger partial charge is 0.507 e. The fraction of sp³-hybridized carbons (Fsp3) is 0.577. The van der Waals surface area contributed by atoms with Crippen LogP contribution >= 0.6 is 16.1 Å². The molecule has 0 spiro atoms. The van der Waals surface area contributed by atoms with Crippen molar-refractivity contribution in [1.82, 2.24) is 9.13 Å². The topological polar surface area (TPSA) is 76.6 Å². The molecule has 6 nitrogen and oxygen atoms in total. The Hall–Kier alpha value is -2.15. The summed E-state index contributed by atoms with van der Waals surface area (Å²) in [5, 5.41) is 10.9. The Morgan fingerprint density at radius 2 is 1.39 bits per heavy atom. The standard InChI is InChI=1S/C26H38BrN3O3/c1-9-17(10-2)21(31)15-29-11-12-30(24(29)28-27)16-22(32)18-13-19(25(3,4)5)23(33)20(14-18)26(6,7)8/h11-14,17,33H,9-10,15-16H2,1-8H3. The molecule has 1 heterocycles. The average molecular weight is 521 g/mol. The van der Waals surface area contributed by atoms with Crippen LogP contribution in [0.5, 0.6) is 5.75 Å². The highest BCUT2D eigenvalue weighted by atomic mass is 79.9. The maximum Gasteiger partial charge on any atom is 0.217 e. The third kappa shape index (κ3) is 6.25. The number of aromatic hydroxyl groups is 1. The third-order valence-electron chi connectivity index (χ3n) is 6.14. The molecular formula is C26H38BrN3O3. The van der Waals surface area contributed by atoms with Crippen LogP contribution in [0, 0.1) is 5.92 Å². The second-order valence-electron chi connectivity index (χ2n) is 10.8. The minimum Gasteiger partial charge on any atom is -0.507 e. The monoisotopic (exact) mass is 519 g/mol. The van der Waals surface area contributed by atoms with Gasteiger partial charge in [0.15, 0.2) is 11.6 Å². The smallest absolute Gasteiger partial charge is 0.217 e.